The van der Waals surface area contributed by atoms with Crippen molar-refractivity contribution in [2.45, 2.75) is 14.7 Å². The number of hydrogen-bond acceptors (Lipinski definition) is 4. The van der Waals surface area contributed by atoms with Crippen LogP contribution < -0.4 is 5.73 Å². The Hall–Kier alpha value is -1.73. The highest BCUT2D eigenvalue weighted by atomic mass is 32.2. The molecular weight excluding hydrogens is 314 g/mol. The van der Waals surface area contributed by atoms with Crippen molar-refractivity contribution in [3.05, 3.63) is 53.6 Å². The summed E-state index contributed by atoms with van der Waals surface area (Å²) in [5.74, 6) is -1.34. The molecule has 0 heterocycles. The first-order valence-electron chi connectivity index (χ1n) is 5.84. The Kier molecular flexibility index (Phi) is 5.08. The molecule has 0 aliphatic rings. The Balaban J connectivity index is 2.49. The van der Waals surface area contributed by atoms with Gasteiger partial charge in [-0.05, 0) is 30.5 Å². The Morgan fingerprint density at radius 3 is 2.48 bits per heavy atom. The Morgan fingerprint density at radius 2 is 1.86 bits per heavy atom. The molecule has 0 atom stereocenters. The molecule has 7 heteroatoms. The number of halogens is 2. The number of oxime groups is 1. The van der Waals surface area contributed by atoms with Crippen LogP contribution in [0.25, 0.3) is 0 Å². The van der Waals surface area contributed by atoms with Crippen LogP contribution in [0.3, 0.4) is 0 Å². The average molecular weight is 326 g/mol. The molecule has 0 saturated heterocycles. The monoisotopic (exact) mass is 326 g/mol. The van der Waals surface area contributed by atoms with Crippen molar-refractivity contribution in [3.8, 4) is 0 Å². The fourth-order valence-corrected chi connectivity index (χ4v) is 3.44. The van der Waals surface area contributed by atoms with E-state index in [0.717, 1.165) is 22.7 Å². The van der Waals surface area contributed by atoms with Crippen LogP contribution in [0.1, 0.15) is 5.56 Å². The van der Waals surface area contributed by atoms with Crippen LogP contribution in [0.5, 0.6) is 0 Å². The zero-order valence-electron chi connectivity index (χ0n) is 11.0. The summed E-state index contributed by atoms with van der Waals surface area (Å²) in [5, 5.41) is 11.9. The van der Waals surface area contributed by atoms with E-state index in [1.807, 2.05) is 12.3 Å². The van der Waals surface area contributed by atoms with E-state index in [-0.39, 0.29) is 10.7 Å². The summed E-state index contributed by atoms with van der Waals surface area (Å²) in [6.07, 6.45) is 1.86. The maximum absolute atomic E-state index is 13.8. The first kappa shape index (κ1) is 15.7. The second kappa shape index (κ2) is 6.82. The van der Waals surface area contributed by atoms with Gasteiger partial charge in [-0.2, -0.15) is 0 Å². The zero-order chi connectivity index (χ0) is 15.4. The average Bonchev–Trinajstić information content (AvgIpc) is 2.49. The predicted octanol–water partition coefficient (Wildman–Crippen LogP) is 3.93. The van der Waals surface area contributed by atoms with Crippen LogP contribution in [0.15, 0.2) is 56.2 Å². The van der Waals surface area contributed by atoms with Gasteiger partial charge in [-0.25, -0.2) is 8.78 Å². The summed E-state index contributed by atoms with van der Waals surface area (Å²) in [6.45, 7) is 0. The third kappa shape index (κ3) is 3.48. The maximum Gasteiger partial charge on any atom is 0.172 e. The fourth-order valence-electron chi connectivity index (χ4n) is 1.75. The number of thioether (sulfide) groups is 1. The standard InChI is InChI=1S/C14H12F2N2OS2/c1-20-11-3-2-4-12(13(11)14(17)18-19)21-10-6-5-8(15)7-9(10)16/h2-7,19H,1H3,(H2,17,18). The van der Waals surface area contributed by atoms with Gasteiger partial charge in [0.05, 0.1) is 0 Å². The largest absolute Gasteiger partial charge is 0.409 e. The molecule has 0 saturated carbocycles. The highest BCUT2D eigenvalue weighted by molar-refractivity contribution is 8.00. The lowest BCUT2D eigenvalue weighted by atomic mass is 10.2. The number of hydrogen-bond donors (Lipinski definition) is 2. The van der Waals surface area contributed by atoms with Crippen molar-refractivity contribution in [1.82, 2.24) is 0 Å². The van der Waals surface area contributed by atoms with E-state index in [9.17, 15) is 8.78 Å². The topological polar surface area (TPSA) is 58.6 Å². The Morgan fingerprint density at radius 1 is 1.14 bits per heavy atom. The first-order chi connectivity index (χ1) is 10.1. The van der Waals surface area contributed by atoms with Gasteiger partial charge in [0.2, 0.25) is 0 Å². The van der Waals surface area contributed by atoms with Gasteiger partial charge in [-0.3, -0.25) is 0 Å². The molecule has 0 bridgehead atoms. The van der Waals surface area contributed by atoms with Crippen LogP contribution in [-0.4, -0.2) is 17.3 Å². The van der Waals surface area contributed by atoms with E-state index in [0.29, 0.717) is 10.5 Å². The molecule has 21 heavy (non-hydrogen) atoms. The third-order valence-corrected chi connectivity index (χ3v) is 4.58. The number of amidine groups is 1. The quantitative estimate of drug-likeness (QED) is 0.294. The van der Waals surface area contributed by atoms with Gasteiger partial charge >= 0.3 is 0 Å². The summed E-state index contributed by atoms with van der Waals surface area (Å²) < 4.78 is 26.7. The van der Waals surface area contributed by atoms with Crippen molar-refractivity contribution >= 4 is 29.4 Å². The van der Waals surface area contributed by atoms with Crippen LogP contribution in [-0.2, 0) is 0 Å². The van der Waals surface area contributed by atoms with Crippen molar-refractivity contribution in [2.75, 3.05) is 6.26 Å². The van der Waals surface area contributed by atoms with E-state index in [4.69, 9.17) is 10.9 Å². The molecule has 0 aromatic heterocycles. The van der Waals surface area contributed by atoms with Gasteiger partial charge in [0.15, 0.2) is 5.84 Å². The summed E-state index contributed by atoms with van der Waals surface area (Å²) in [4.78, 5) is 1.70. The summed E-state index contributed by atoms with van der Waals surface area (Å²) >= 11 is 2.53. The SMILES string of the molecule is CSc1cccc(Sc2ccc(F)cc2F)c1/C(N)=N/O. The molecular formula is C14H12F2N2OS2. The molecule has 0 aliphatic heterocycles. The van der Waals surface area contributed by atoms with Gasteiger partial charge in [0, 0.05) is 26.3 Å². The molecule has 3 nitrogen and oxygen atoms in total. The Bertz CT molecular complexity index is 693. The summed E-state index contributed by atoms with van der Waals surface area (Å²) in [6, 6.07) is 8.72. The van der Waals surface area contributed by atoms with Crippen molar-refractivity contribution in [1.29, 1.82) is 0 Å². The van der Waals surface area contributed by atoms with E-state index in [2.05, 4.69) is 5.16 Å². The Labute approximate surface area is 129 Å². The number of nitrogens with zero attached hydrogens (tertiary/aromatic N) is 1. The summed E-state index contributed by atoms with van der Waals surface area (Å²) in [7, 11) is 0. The molecule has 2 aromatic rings. The van der Waals surface area contributed by atoms with Crippen molar-refractivity contribution < 1.29 is 14.0 Å². The fraction of sp³-hybridized carbons (Fsp3) is 0.0714. The predicted molar refractivity (Wildman–Crippen MR) is 81.2 cm³/mol. The van der Waals surface area contributed by atoms with E-state index in [1.54, 1.807) is 12.1 Å². The van der Waals surface area contributed by atoms with Crippen LogP contribution in [0.2, 0.25) is 0 Å². The van der Waals surface area contributed by atoms with Crippen LogP contribution in [0.4, 0.5) is 8.78 Å². The molecule has 0 amide bonds. The molecule has 0 fully saturated rings. The minimum Gasteiger partial charge on any atom is -0.409 e. The van der Waals surface area contributed by atoms with Crippen LogP contribution in [0, 0.1) is 11.6 Å². The minimum absolute atomic E-state index is 0.0510. The van der Waals surface area contributed by atoms with Crippen LogP contribution >= 0.6 is 23.5 Å². The highest BCUT2D eigenvalue weighted by Crippen LogP contribution is 2.36. The molecule has 3 N–H and O–H groups in total. The lowest BCUT2D eigenvalue weighted by Crippen LogP contribution is -2.15. The summed E-state index contributed by atoms with van der Waals surface area (Å²) in [5.41, 5.74) is 6.24. The molecule has 0 aliphatic carbocycles. The van der Waals surface area contributed by atoms with E-state index in [1.165, 1.54) is 23.9 Å². The lowest BCUT2D eigenvalue weighted by molar-refractivity contribution is 0.318. The van der Waals surface area contributed by atoms with E-state index < -0.39 is 11.6 Å². The van der Waals surface area contributed by atoms with Gasteiger partial charge in [0.25, 0.3) is 0 Å². The van der Waals surface area contributed by atoms with Crippen molar-refractivity contribution in [2.24, 2.45) is 10.9 Å². The molecule has 0 spiro atoms. The second-order valence-electron chi connectivity index (χ2n) is 4.00. The molecule has 110 valence electrons. The molecule has 0 radical (unpaired) electrons. The first-order valence-corrected chi connectivity index (χ1v) is 7.88. The number of nitrogens with two attached hydrogens (primary N) is 1. The molecule has 0 unspecified atom stereocenters. The van der Waals surface area contributed by atoms with Gasteiger partial charge in [-0.1, -0.05) is 23.0 Å². The molecule has 2 rings (SSSR count). The smallest absolute Gasteiger partial charge is 0.172 e. The minimum atomic E-state index is -0.653. The van der Waals surface area contributed by atoms with Gasteiger partial charge in [0.1, 0.15) is 11.6 Å². The third-order valence-electron chi connectivity index (χ3n) is 2.69. The van der Waals surface area contributed by atoms with Crippen molar-refractivity contribution in [3.63, 3.8) is 0 Å². The van der Waals surface area contributed by atoms with Gasteiger partial charge < -0.3 is 10.9 Å². The highest BCUT2D eigenvalue weighted by Gasteiger charge is 2.15. The number of rotatable bonds is 4. The normalized spacial score (nSPS) is 11.7. The number of benzene rings is 2. The zero-order valence-corrected chi connectivity index (χ0v) is 12.6. The van der Waals surface area contributed by atoms with Gasteiger partial charge in [-0.15, -0.1) is 11.8 Å². The second-order valence-corrected chi connectivity index (χ2v) is 5.93. The lowest BCUT2D eigenvalue weighted by Gasteiger charge is -2.12. The van der Waals surface area contributed by atoms with E-state index >= 15 is 0 Å². The maximum atomic E-state index is 13.8. The molecule has 2 aromatic carbocycles.